The van der Waals surface area contributed by atoms with Gasteiger partial charge in [-0.15, -0.1) is 12.4 Å². The van der Waals surface area contributed by atoms with Gasteiger partial charge in [0.05, 0.1) is 5.41 Å². The Kier molecular flexibility index (Phi) is 6.24. The summed E-state index contributed by atoms with van der Waals surface area (Å²) in [6.07, 6.45) is 3.91. The largest absolute Gasteiger partial charge is 0.355 e. The second-order valence-corrected chi connectivity index (χ2v) is 6.02. The van der Waals surface area contributed by atoms with Crippen LogP contribution in [0.2, 0.25) is 0 Å². The lowest BCUT2D eigenvalue weighted by Gasteiger charge is -2.29. The van der Waals surface area contributed by atoms with E-state index in [1.807, 2.05) is 19.9 Å². The molecule has 1 aromatic rings. The molecule has 0 spiro atoms. The Hall–Kier alpha value is -1.06. The number of carbonyl (C=O) groups is 1. The van der Waals surface area contributed by atoms with Crippen molar-refractivity contribution < 1.29 is 4.79 Å². The highest BCUT2D eigenvalue weighted by Gasteiger charge is 2.45. The van der Waals surface area contributed by atoms with E-state index < -0.39 is 5.41 Å². The fourth-order valence-corrected chi connectivity index (χ4v) is 2.90. The summed E-state index contributed by atoms with van der Waals surface area (Å²) >= 11 is 0. The van der Waals surface area contributed by atoms with Crippen LogP contribution in [-0.4, -0.2) is 19.0 Å². The lowest BCUT2D eigenvalue weighted by Crippen LogP contribution is -2.47. The molecular formula is C17H27ClN2O. The average molecular weight is 311 g/mol. The van der Waals surface area contributed by atoms with Crippen molar-refractivity contribution in [3.8, 4) is 0 Å². The van der Waals surface area contributed by atoms with Crippen LogP contribution in [0.25, 0.3) is 0 Å². The molecule has 1 saturated carbocycles. The second kappa shape index (κ2) is 7.28. The number of hydrogen-bond donors (Lipinski definition) is 2. The molecule has 3 nitrogen and oxygen atoms in total. The lowest BCUT2D eigenvalue weighted by molar-refractivity contribution is -0.131. The van der Waals surface area contributed by atoms with Gasteiger partial charge in [-0.2, -0.15) is 0 Å². The van der Waals surface area contributed by atoms with Crippen LogP contribution in [0.3, 0.4) is 0 Å². The van der Waals surface area contributed by atoms with Crippen molar-refractivity contribution in [3.05, 3.63) is 35.9 Å². The third-order valence-corrected chi connectivity index (χ3v) is 5.05. The quantitative estimate of drug-likeness (QED) is 0.813. The minimum Gasteiger partial charge on any atom is -0.355 e. The molecule has 3 N–H and O–H groups in total. The monoisotopic (exact) mass is 310 g/mol. The van der Waals surface area contributed by atoms with Crippen molar-refractivity contribution >= 4 is 18.3 Å². The minimum absolute atomic E-state index is 0. The standard InChI is InChI=1S/C17H26N2O.ClH/c1-3-16(4-2,12-18)15(20)19-13-17(10-11-17)14-8-6-5-7-9-14;/h5-9H,3-4,10-13,18H2,1-2H3,(H,19,20);1H. The fraction of sp³-hybridized carbons (Fsp3) is 0.588. The minimum atomic E-state index is -0.396. The molecular weight excluding hydrogens is 284 g/mol. The topological polar surface area (TPSA) is 55.1 Å². The Morgan fingerprint density at radius 3 is 2.24 bits per heavy atom. The van der Waals surface area contributed by atoms with E-state index in [0.717, 1.165) is 32.2 Å². The number of benzene rings is 1. The summed E-state index contributed by atoms with van der Waals surface area (Å²) in [5.41, 5.74) is 6.94. The highest BCUT2D eigenvalue weighted by molar-refractivity contribution is 5.85. The van der Waals surface area contributed by atoms with Crippen LogP contribution in [0.5, 0.6) is 0 Å². The van der Waals surface area contributed by atoms with Crippen molar-refractivity contribution in [3.63, 3.8) is 0 Å². The molecule has 0 atom stereocenters. The van der Waals surface area contributed by atoms with Crippen molar-refractivity contribution in [2.45, 2.75) is 44.9 Å². The van der Waals surface area contributed by atoms with E-state index in [1.165, 1.54) is 5.56 Å². The maximum absolute atomic E-state index is 12.5. The predicted molar refractivity (Wildman–Crippen MR) is 89.7 cm³/mol. The molecule has 0 aliphatic heterocycles. The number of amides is 1. The zero-order valence-electron chi connectivity index (χ0n) is 13.0. The maximum Gasteiger partial charge on any atom is 0.227 e. The van der Waals surface area contributed by atoms with Gasteiger partial charge in [0.2, 0.25) is 5.91 Å². The number of nitrogens with two attached hydrogens (primary N) is 1. The van der Waals surface area contributed by atoms with Gasteiger partial charge in [0.15, 0.2) is 0 Å². The van der Waals surface area contributed by atoms with Crippen LogP contribution in [-0.2, 0) is 10.2 Å². The lowest BCUT2D eigenvalue weighted by atomic mass is 9.81. The number of rotatable bonds is 7. The van der Waals surface area contributed by atoms with Gasteiger partial charge in [-0.05, 0) is 31.2 Å². The molecule has 4 heteroatoms. The molecule has 0 aromatic heterocycles. The first kappa shape index (κ1) is 18.0. The summed E-state index contributed by atoms with van der Waals surface area (Å²) in [5, 5.41) is 3.16. The Morgan fingerprint density at radius 1 is 1.24 bits per heavy atom. The number of nitrogens with one attached hydrogen (secondary N) is 1. The van der Waals surface area contributed by atoms with Crippen LogP contribution in [0, 0.1) is 5.41 Å². The van der Waals surface area contributed by atoms with E-state index in [1.54, 1.807) is 0 Å². The molecule has 0 radical (unpaired) electrons. The smallest absolute Gasteiger partial charge is 0.227 e. The van der Waals surface area contributed by atoms with E-state index in [9.17, 15) is 4.79 Å². The Bertz CT molecular complexity index is 445. The number of halogens is 1. The second-order valence-electron chi connectivity index (χ2n) is 6.02. The summed E-state index contributed by atoms with van der Waals surface area (Å²) in [5.74, 6) is 0.118. The van der Waals surface area contributed by atoms with Crippen LogP contribution in [0.4, 0.5) is 0 Å². The molecule has 2 rings (SSSR count). The van der Waals surface area contributed by atoms with Crippen LogP contribution >= 0.6 is 12.4 Å². The molecule has 1 amide bonds. The van der Waals surface area contributed by atoms with E-state index in [0.29, 0.717) is 6.54 Å². The van der Waals surface area contributed by atoms with Gasteiger partial charge in [-0.3, -0.25) is 4.79 Å². The Labute approximate surface area is 134 Å². The Balaban J connectivity index is 0.00000220. The summed E-state index contributed by atoms with van der Waals surface area (Å²) in [7, 11) is 0. The van der Waals surface area contributed by atoms with E-state index in [-0.39, 0.29) is 23.7 Å². The van der Waals surface area contributed by atoms with Crippen LogP contribution < -0.4 is 11.1 Å². The zero-order valence-corrected chi connectivity index (χ0v) is 13.8. The summed E-state index contributed by atoms with van der Waals surface area (Å²) in [6.45, 7) is 5.24. The first-order valence-electron chi connectivity index (χ1n) is 7.66. The van der Waals surface area contributed by atoms with Gasteiger partial charge in [-0.1, -0.05) is 44.2 Å². The normalized spacial score (nSPS) is 16.0. The maximum atomic E-state index is 12.5. The van der Waals surface area contributed by atoms with Crippen molar-refractivity contribution in [2.24, 2.45) is 11.1 Å². The Morgan fingerprint density at radius 2 is 1.81 bits per heavy atom. The van der Waals surface area contributed by atoms with E-state index in [2.05, 4.69) is 29.6 Å². The molecule has 1 aliphatic carbocycles. The molecule has 0 unspecified atom stereocenters. The molecule has 118 valence electrons. The van der Waals surface area contributed by atoms with Crippen molar-refractivity contribution in [1.82, 2.24) is 5.32 Å². The molecule has 1 aromatic carbocycles. The van der Waals surface area contributed by atoms with Gasteiger partial charge in [0, 0.05) is 18.5 Å². The highest BCUT2D eigenvalue weighted by Crippen LogP contribution is 2.47. The number of hydrogen-bond acceptors (Lipinski definition) is 2. The van der Waals surface area contributed by atoms with Gasteiger partial charge in [0.25, 0.3) is 0 Å². The third-order valence-electron chi connectivity index (χ3n) is 5.05. The molecule has 0 bridgehead atoms. The van der Waals surface area contributed by atoms with Gasteiger partial charge >= 0.3 is 0 Å². The average Bonchev–Trinajstić information content (AvgIpc) is 3.30. The fourth-order valence-electron chi connectivity index (χ4n) is 2.90. The van der Waals surface area contributed by atoms with Gasteiger partial charge < -0.3 is 11.1 Å². The molecule has 21 heavy (non-hydrogen) atoms. The van der Waals surface area contributed by atoms with Gasteiger partial charge in [0.1, 0.15) is 0 Å². The highest BCUT2D eigenvalue weighted by atomic mass is 35.5. The van der Waals surface area contributed by atoms with Crippen LogP contribution in [0.15, 0.2) is 30.3 Å². The zero-order chi connectivity index (χ0) is 14.6. The predicted octanol–water partition coefficient (Wildman–Crippen LogP) is 3.02. The molecule has 0 saturated heterocycles. The first-order chi connectivity index (χ1) is 9.62. The number of carbonyl (C=O) groups excluding carboxylic acids is 1. The summed E-state index contributed by atoms with van der Waals surface area (Å²) in [4.78, 5) is 12.5. The first-order valence-corrected chi connectivity index (χ1v) is 7.66. The van der Waals surface area contributed by atoms with Gasteiger partial charge in [-0.25, -0.2) is 0 Å². The molecule has 1 aliphatic rings. The summed E-state index contributed by atoms with van der Waals surface area (Å²) < 4.78 is 0. The molecule has 1 fully saturated rings. The van der Waals surface area contributed by atoms with Crippen molar-refractivity contribution in [1.29, 1.82) is 0 Å². The van der Waals surface area contributed by atoms with E-state index >= 15 is 0 Å². The third kappa shape index (κ3) is 3.58. The molecule has 0 heterocycles. The van der Waals surface area contributed by atoms with Crippen LogP contribution in [0.1, 0.15) is 45.1 Å². The SMILES string of the molecule is CCC(CC)(CN)C(=O)NCC1(c2ccccc2)CC1.Cl. The van der Waals surface area contributed by atoms with Crippen molar-refractivity contribution in [2.75, 3.05) is 13.1 Å². The van der Waals surface area contributed by atoms with E-state index in [4.69, 9.17) is 5.73 Å². The summed E-state index contributed by atoms with van der Waals surface area (Å²) in [6, 6.07) is 10.5.